The average Bonchev–Trinajstić information content (AvgIpc) is 2.48. The molecule has 0 fully saturated rings. The molecule has 2 N–H and O–H groups in total. The van der Waals surface area contributed by atoms with Gasteiger partial charge in [-0.3, -0.25) is 4.79 Å². The lowest BCUT2D eigenvalue weighted by Gasteiger charge is -2.12. The summed E-state index contributed by atoms with van der Waals surface area (Å²) in [6, 6.07) is 5.62. The monoisotopic (exact) mass is 300 g/mol. The van der Waals surface area contributed by atoms with E-state index in [1.807, 2.05) is 32.0 Å². The van der Waals surface area contributed by atoms with Crippen LogP contribution in [0.3, 0.4) is 0 Å². The number of nitrogens with one attached hydrogen (secondary N) is 2. The molecule has 0 saturated carbocycles. The Morgan fingerprint density at radius 1 is 1.32 bits per heavy atom. The highest BCUT2D eigenvalue weighted by atomic mass is 16.5. The predicted octanol–water partition coefficient (Wildman–Crippen LogP) is 2.67. The van der Waals surface area contributed by atoms with Gasteiger partial charge in [0.2, 0.25) is 11.9 Å². The van der Waals surface area contributed by atoms with Crippen LogP contribution in [0.2, 0.25) is 0 Å². The molecule has 6 heteroatoms. The molecule has 0 aliphatic heterocycles. The molecule has 0 radical (unpaired) electrons. The number of hydrogen-bond donors (Lipinski definition) is 2. The Balaban J connectivity index is 2.12. The molecule has 1 aromatic heterocycles. The number of carbonyl (C=O) groups excluding carboxylic acids is 1. The van der Waals surface area contributed by atoms with Crippen LogP contribution in [0.4, 0.5) is 11.6 Å². The molecule has 2 rings (SSSR count). The van der Waals surface area contributed by atoms with Gasteiger partial charge in [0.25, 0.3) is 0 Å². The molecular weight excluding hydrogens is 280 g/mol. The summed E-state index contributed by atoms with van der Waals surface area (Å²) in [5.74, 6) is 1.07. The fraction of sp³-hybridized carbons (Fsp3) is 0.312. The molecule has 1 amide bonds. The summed E-state index contributed by atoms with van der Waals surface area (Å²) >= 11 is 0. The number of benzene rings is 1. The topological polar surface area (TPSA) is 76.1 Å². The van der Waals surface area contributed by atoms with Crippen LogP contribution < -0.4 is 15.4 Å². The van der Waals surface area contributed by atoms with Crippen LogP contribution in [0, 0.1) is 13.8 Å². The molecule has 0 bridgehead atoms. The number of amides is 1. The Hall–Kier alpha value is -2.63. The van der Waals surface area contributed by atoms with Crippen molar-refractivity contribution in [3.8, 4) is 5.75 Å². The summed E-state index contributed by atoms with van der Waals surface area (Å²) in [5.41, 5.74) is 3.65. The van der Waals surface area contributed by atoms with Gasteiger partial charge in [-0.15, -0.1) is 0 Å². The third-order valence-corrected chi connectivity index (χ3v) is 3.25. The minimum absolute atomic E-state index is 0.138. The number of aromatic nitrogens is 2. The Kier molecular flexibility index (Phi) is 4.93. The first-order chi connectivity index (χ1) is 10.5. The Morgan fingerprint density at radius 2 is 2.09 bits per heavy atom. The molecule has 116 valence electrons. The van der Waals surface area contributed by atoms with E-state index in [4.69, 9.17) is 4.74 Å². The zero-order valence-corrected chi connectivity index (χ0v) is 13.2. The molecule has 1 aromatic carbocycles. The second-order valence-electron chi connectivity index (χ2n) is 5.03. The van der Waals surface area contributed by atoms with E-state index in [2.05, 4.69) is 20.6 Å². The standard InChI is InChI=1S/C16H20N4O2/c1-10-8-17-16(19-11(10)2)18-9-13-5-6-15(22-4)14(7-13)20-12(3)21/h5-8H,9H2,1-4H3,(H,20,21)(H,17,18,19). The van der Waals surface area contributed by atoms with E-state index >= 15 is 0 Å². The Bertz CT molecular complexity index is 686. The maximum atomic E-state index is 11.2. The van der Waals surface area contributed by atoms with Crippen LogP contribution in [0.15, 0.2) is 24.4 Å². The Morgan fingerprint density at radius 3 is 2.73 bits per heavy atom. The van der Waals surface area contributed by atoms with Crippen LogP contribution in [0.25, 0.3) is 0 Å². The molecule has 0 aliphatic carbocycles. The number of ether oxygens (including phenoxy) is 1. The van der Waals surface area contributed by atoms with Crippen molar-refractivity contribution in [2.75, 3.05) is 17.7 Å². The predicted molar refractivity (Wildman–Crippen MR) is 86.1 cm³/mol. The van der Waals surface area contributed by atoms with Gasteiger partial charge in [0.1, 0.15) is 5.75 Å². The minimum Gasteiger partial charge on any atom is -0.495 e. The molecule has 22 heavy (non-hydrogen) atoms. The zero-order valence-electron chi connectivity index (χ0n) is 13.2. The van der Waals surface area contributed by atoms with Crippen molar-refractivity contribution in [2.45, 2.75) is 27.3 Å². The van der Waals surface area contributed by atoms with Crippen molar-refractivity contribution < 1.29 is 9.53 Å². The molecule has 0 atom stereocenters. The molecule has 6 nitrogen and oxygen atoms in total. The highest BCUT2D eigenvalue weighted by Crippen LogP contribution is 2.25. The molecule has 0 aliphatic rings. The van der Waals surface area contributed by atoms with Crippen molar-refractivity contribution in [3.63, 3.8) is 0 Å². The lowest BCUT2D eigenvalue weighted by atomic mass is 10.2. The molecule has 2 aromatic rings. The lowest BCUT2D eigenvalue weighted by Crippen LogP contribution is -2.09. The largest absolute Gasteiger partial charge is 0.495 e. The lowest BCUT2D eigenvalue weighted by molar-refractivity contribution is -0.114. The van der Waals surface area contributed by atoms with E-state index in [-0.39, 0.29) is 5.91 Å². The quantitative estimate of drug-likeness (QED) is 0.888. The summed E-state index contributed by atoms with van der Waals surface area (Å²) in [5, 5.41) is 5.93. The number of aryl methyl sites for hydroxylation is 2. The second kappa shape index (κ2) is 6.89. The van der Waals surface area contributed by atoms with Crippen molar-refractivity contribution in [1.29, 1.82) is 0 Å². The van der Waals surface area contributed by atoms with E-state index in [0.29, 0.717) is 23.9 Å². The van der Waals surface area contributed by atoms with Gasteiger partial charge in [0.15, 0.2) is 0 Å². The van der Waals surface area contributed by atoms with E-state index in [1.54, 1.807) is 13.3 Å². The average molecular weight is 300 g/mol. The fourth-order valence-electron chi connectivity index (χ4n) is 1.95. The van der Waals surface area contributed by atoms with Gasteiger partial charge >= 0.3 is 0 Å². The number of methoxy groups -OCH3 is 1. The summed E-state index contributed by atoms with van der Waals surface area (Å²) in [7, 11) is 1.57. The van der Waals surface area contributed by atoms with Gasteiger partial charge in [0, 0.05) is 25.4 Å². The summed E-state index contributed by atoms with van der Waals surface area (Å²) in [6.45, 7) is 5.94. The smallest absolute Gasteiger partial charge is 0.223 e. The van der Waals surface area contributed by atoms with Crippen LogP contribution in [-0.4, -0.2) is 23.0 Å². The first kappa shape index (κ1) is 15.8. The third kappa shape index (κ3) is 3.94. The molecule has 0 unspecified atom stereocenters. The van der Waals surface area contributed by atoms with Gasteiger partial charge in [-0.05, 0) is 37.1 Å². The molecule has 0 spiro atoms. The first-order valence-electron chi connectivity index (χ1n) is 6.98. The fourth-order valence-corrected chi connectivity index (χ4v) is 1.95. The number of carbonyl (C=O) groups is 1. The highest BCUT2D eigenvalue weighted by molar-refractivity contribution is 5.90. The molecular formula is C16H20N4O2. The van der Waals surface area contributed by atoms with Crippen molar-refractivity contribution in [2.24, 2.45) is 0 Å². The SMILES string of the molecule is COc1ccc(CNc2ncc(C)c(C)n2)cc1NC(C)=O. The highest BCUT2D eigenvalue weighted by Gasteiger charge is 2.07. The van der Waals surface area contributed by atoms with E-state index in [1.165, 1.54) is 6.92 Å². The van der Waals surface area contributed by atoms with Gasteiger partial charge < -0.3 is 15.4 Å². The van der Waals surface area contributed by atoms with Crippen molar-refractivity contribution in [3.05, 3.63) is 41.2 Å². The van der Waals surface area contributed by atoms with Crippen LogP contribution in [-0.2, 0) is 11.3 Å². The minimum atomic E-state index is -0.138. The first-order valence-corrected chi connectivity index (χ1v) is 6.98. The van der Waals surface area contributed by atoms with Crippen LogP contribution in [0.1, 0.15) is 23.7 Å². The third-order valence-electron chi connectivity index (χ3n) is 3.25. The van der Waals surface area contributed by atoms with Gasteiger partial charge in [-0.25, -0.2) is 9.97 Å². The summed E-state index contributed by atoms with van der Waals surface area (Å²) < 4.78 is 5.23. The number of rotatable bonds is 5. The number of anilines is 2. The van der Waals surface area contributed by atoms with Crippen molar-refractivity contribution >= 4 is 17.5 Å². The van der Waals surface area contributed by atoms with Gasteiger partial charge in [-0.2, -0.15) is 0 Å². The van der Waals surface area contributed by atoms with Gasteiger partial charge in [-0.1, -0.05) is 6.07 Å². The Labute approximate surface area is 129 Å². The normalized spacial score (nSPS) is 10.2. The zero-order chi connectivity index (χ0) is 16.1. The van der Waals surface area contributed by atoms with Crippen LogP contribution >= 0.6 is 0 Å². The maximum Gasteiger partial charge on any atom is 0.223 e. The van der Waals surface area contributed by atoms with E-state index < -0.39 is 0 Å². The van der Waals surface area contributed by atoms with Crippen LogP contribution in [0.5, 0.6) is 5.75 Å². The molecule has 0 saturated heterocycles. The summed E-state index contributed by atoms with van der Waals surface area (Å²) in [4.78, 5) is 19.9. The molecule has 1 heterocycles. The van der Waals surface area contributed by atoms with E-state index in [9.17, 15) is 4.79 Å². The van der Waals surface area contributed by atoms with Crippen molar-refractivity contribution in [1.82, 2.24) is 9.97 Å². The number of hydrogen-bond acceptors (Lipinski definition) is 5. The van der Waals surface area contributed by atoms with E-state index in [0.717, 1.165) is 16.8 Å². The maximum absolute atomic E-state index is 11.2. The second-order valence-corrected chi connectivity index (χ2v) is 5.03. The van der Waals surface area contributed by atoms with Gasteiger partial charge in [0.05, 0.1) is 12.8 Å². The number of nitrogens with zero attached hydrogens (tertiary/aromatic N) is 2. The summed E-state index contributed by atoms with van der Waals surface area (Å²) in [6.07, 6.45) is 1.79.